The van der Waals surface area contributed by atoms with Crippen molar-refractivity contribution >= 4 is 17.5 Å². The van der Waals surface area contributed by atoms with Crippen molar-refractivity contribution in [1.29, 1.82) is 0 Å². The number of benzene rings is 1. The predicted octanol–water partition coefficient (Wildman–Crippen LogP) is 2.78. The normalized spacial score (nSPS) is 30.3. The van der Waals surface area contributed by atoms with E-state index in [0.29, 0.717) is 12.1 Å². The molecule has 3 atom stereocenters. The van der Waals surface area contributed by atoms with Crippen LogP contribution in [0.3, 0.4) is 0 Å². The van der Waals surface area contributed by atoms with Gasteiger partial charge in [0, 0.05) is 0 Å². The molecule has 1 aliphatic carbocycles. The highest BCUT2D eigenvalue weighted by Gasteiger charge is 2.51. The largest absolute Gasteiger partial charge is 0.274 e. The molecule has 1 fully saturated rings. The summed E-state index contributed by atoms with van der Waals surface area (Å²) in [6.07, 6.45) is 2.84. The summed E-state index contributed by atoms with van der Waals surface area (Å²) in [7, 11) is 0. The summed E-state index contributed by atoms with van der Waals surface area (Å²) < 4.78 is 0. The molecule has 2 aliphatic rings. The van der Waals surface area contributed by atoms with Gasteiger partial charge in [0.1, 0.15) is 0 Å². The maximum atomic E-state index is 12.5. The van der Waals surface area contributed by atoms with Gasteiger partial charge in [0.2, 0.25) is 11.8 Å². The molecule has 1 aromatic carbocycles. The van der Waals surface area contributed by atoms with Crippen LogP contribution in [0.4, 0.5) is 5.69 Å². The number of anilines is 1. The Labute approximate surface area is 112 Å². The van der Waals surface area contributed by atoms with E-state index in [2.05, 4.69) is 6.08 Å². The van der Waals surface area contributed by atoms with Gasteiger partial charge in [-0.25, -0.2) is 0 Å². The number of imide groups is 1. The fourth-order valence-electron chi connectivity index (χ4n) is 3.35. The van der Waals surface area contributed by atoms with Gasteiger partial charge in [-0.15, -0.1) is 0 Å². The summed E-state index contributed by atoms with van der Waals surface area (Å²) in [5.41, 5.74) is 1.90. The van der Waals surface area contributed by atoms with E-state index in [1.807, 2.05) is 44.2 Å². The number of para-hydroxylation sites is 1. The quantitative estimate of drug-likeness (QED) is 0.571. The molecular weight excluding hydrogens is 238 g/mol. The number of hydrogen-bond donors (Lipinski definition) is 0. The molecule has 0 N–H and O–H groups in total. The standard InChI is InChI=1S/C16H17NO2/c1-10-8-11(2)14-13(9-10)15(18)17(16(14)19)12-6-4-3-5-7-12/h3-8,11,13-14H,9H2,1-2H3/t11-,13-,14+/m1/s1. The summed E-state index contributed by atoms with van der Waals surface area (Å²) in [6.45, 7) is 4.07. The first-order valence-corrected chi connectivity index (χ1v) is 6.69. The van der Waals surface area contributed by atoms with E-state index in [-0.39, 0.29) is 29.6 Å². The highest BCUT2D eigenvalue weighted by molar-refractivity contribution is 6.22. The Morgan fingerprint density at radius 3 is 2.47 bits per heavy atom. The molecule has 1 aliphatic heterocycles. The number of rotatable bonds is 1. The molecule has 0 bridgehead atoms. The van der Waals surface area contributed by atoms with E-state index in [4.69, 9.17) is 0 Å². The van der Waals surface area contributed by atoms with Gasteiger partial charge in [-0.3, -0.25) is 14.5 Å². The van der Waals surface area contributed by atoms with Crippen LogP contribution in [-0.2, 0) is 9.59 Å². The molecule has 2 amide bonds. The van der Waals surface area contributed by atoms with Crippen molar-refractivity contribution < 1.29 is 9.59 Å². The maximum absolute atomic E-state index is 12.5. The second-order valence-electron chi connectivity index (χ2n) is 5.56. The first kappa shape index (κ1) is 12.2. The molecule has 0 unspecified atom stereocenters. The lowest BCUT2D eigenvalue weighted by atomic mass is 9.76. The smallest absolute Gasteiger partial charge is 0.238 e. The predicted molar refractivity (Wildman–Crippen MR) is 73.5 cm³/mol. The number of fused-ring (bicyclic) bond motifs is 1. The molecule has 0 saturated carbocycles. The second kappa shape index (κ2) is 4.34. The van der Waals surface area contributed by atoms with Gasteiger partial charge in [0.05, 0.1) is 17.5 Å². The van der Waals surface area contributed by atoms with Crippen LogP contribution in [0, 0.1) is 17.8 Å². The molecule has 1 heterocycles. The van der Waals surface area contributed by atoms with Gasteiger partial charge in [0.25, 0.3) is 0 Å². The van der Waals surface area contributed by atoms with Crippen molar-refractivity contribution in [1.82, 2.24) is 0 Å². The van der Waals surface area contributed by atoms with Crippen molar-refractivity contribution in [2.24, 2.45) is 17.8 Å². The minimum atomic E-state index is -0.184. The second-order valence-corrected chi connectivity index (χ2v) is 5.56. The third-order valence-electron chi connectivity index (χ3n) is 4.15. The molecule has 3 nitrogen and oxygen atoms in total. The third-order valence-corrected chi connectivity index (χ3v) is 4.15. The number of amides is 2. The topological polar surface area (TPSA) is 37.4 Å². The molecule has 1 saturated heterocycles. The first-order valence-electron chi connectivity index (χ1n) is 6.69. The molecule has 1 aromatic rings. The zero-order valence-corrected chi connectivity index (χ0v) is 11.2. The van der Waals surface area contributed by atoms with E-state index in [1.54, 1.807) is 0 Å². The first-order chi connectivity index (χ1) is 9.09. The Morgan fingerprint density at radius 2 is 1.79 bits per heavy atom. The summed E-state index contributed by atoms with van der Waals surface area (Å²) in [6, 6.07) is 9.22. The van der Waals surface area contributed by atoms with Crippen molar-refractivity contribution in [2.45, 2.75) is 20.3 Å². The summed E-state index contributed by atoms with van der Waals surface area (Å²) in [5.74, 6) is -0.300. The van der Waals surface area contributed by atoms with Crippen LogP contribution in [-0.4, -0.2) is 11.8 Å². The van der Waals surface area contributed by atoms with Gasteiger partial charge in [0.15, 0.2) is 0 Å². The molecular formula is C16H17NO2. The van der Waals surface area contributed by atoms with E-state index in [9.17, 15) is 9.59 Å². The SMILES string of the molecule is CC1=C[C@@H](C)[C@@H]2C(=O)N(c3ccccc3)C(=O)[C@@H]2C1. The fraction of sp³-hybridized carbons (Fsp3) is 0.375. The molecule has 98 valence electrons. The minimum absolute atomic E-state index is 0.0412. The van der Waals surface area contributed by atoms with Gasteiger partial charge >= 0.3 is 0 Å². The summed E-state index contributed by atoms with van der Waals surface area (Å²) in [5, 5.41) is 0. The average Bonchev–Trinajstić information content (AvgIpc) is 2.62. The zero-order chi connectivity index (χ0) is 13.6. The van der Waals surface area contributed by atoms with Crippen LogP contribution < -0.4 is 4.90 Å². The van der Waals surface area contributed by atoms with Crippen molar-refractivity contribution in [3.8, 4) is 0 Å². The average molecular weight is 255 g/mol. The van der Waals surface area contributed by atoms with Gasteiger partial charge < -0.3 is 0 Å². The lowest BCUT2D eigenvalue weighted by molar-refractivity contribution is -0.122. The Hall–Kier alpha value is -1.90. The monoisotopic (exact) mass is 255 g/mol. The van der Waals surface area contributed by atoms with E-state index >= 15 is 0 Å². The minimum Gasteiger partial charge on any atom is -0.274 e. The van der Waals surface area contributed by atoms with Crippen LogP contribution in [0.2, 0.25) is 0 Å². The van der Waals surface area contributed by atoms with Gasteiger partial charge in [-0.1, -0.05) is 36.8 Å². The van der Waals surface area contributed by atoms with Gasteiger partial charge in [-0.05, 0) is 31.4 Å². The zero-order valence-electron chi connectivity index (χ0n) is 11.2. The highest BCUT2D eigenvalue weighted by Crippen LogP contribution is 2.42. The van der Waals surface area contributed by atoms with E-state index in [1.165, 1.54) is 10.5 Å². The fourth-order valence-corrected chi connectivity index (χ4v) is 3.35. The van der Waals surface area contributed by atoms with Crippen LogP contribution in [0.1, 0.15) is 20.3 Å². The Balaban J connectivity index is 2.00. The molecule has 3 rings (SSSR count). The van der Waals surface area contributed by atoms with E-state index in [0.717, 1.165) is 0 Å². The lowest BCUT2D eigenvalue weighted by Crippen LogP contribution is -2.31. The number of carbonyl (C=O) groups excluding carboxylic acids is 2. The maximum Gasteiger partial charge on any atom is 0.238 e. The Bertz CT molecular complexity index is 561. The van der Waals surface area contributed by atoms with Crippen molar-refractivity contribution in [3.05, 3.63) is 42.0 Å². The number of allylic oxidation sites excluding steroid dienone is 2. The Kier molecular flexibility index (Phi) is 2.77. The number of nitrogens with zero attached hydrogens (tertiary/aromatic N) is 1. The number of hydrogen-bond acceptors (Lipinski definition) is 2. The van der Waals surface area contributed by atoms with Crippen molar-refractivity contribution in [2.75, 3.05) is 4.90 Å². The highest BCUT2D eigenvalue weighted by atomic mass is 16.2. The molecule has 19 heavy (non-hydrogen) atoms. The summed E-state index contributed by atoms with van der Waals surface area (Å²) in [4.78, 5) is 26.4. The number of carbonyl (C=O) groups is 2. The van der Waals surface area contributed by atoms with Crippen LogP contribution >= 0.6 is 0 Å². The Morgan fingerprint density at radius 1 is 1.11 bits per heavy atom. The van der Waals surface area contributed by atoms with Crippen LogP contribution in [0.25, 0.3) is 0 Å². The lowest BCUT2D eigenvalue weighted by Gasteiger charge is -2.25. The summed E-state index contributed by atoms with van der Waals surface area (Å²) >= 11 is 0. The van der Waals surface area contributed by atoms with Gasteiger partial charge in [-0.2, -0.15) is 0 Å². The molecule has 0 aromatic heterocycles. The van der Waals surface area contributed by atoms with Crippen molar-refractivity contribution in [3.63, 3.8) is 0 Å². The molecule has 0 radical (unpaired) electrons. The van der Waals surface area contributed by atoms with Crippen LogP contribution in [0.5, 0.6) is 0 Å². The third kappa shape index (κ3) is 1.81. The van der Waals surface area contributed by atoms with Crippen LogP contribution in [0.15, 0.2) is 42.0 Å². The van der Waals surface area contributed by atoms with E-state index < -0.39 is 0 Å². The molecule has 0 spiro atoms. The molecule has 3 heteroatoms.